The van der Waals surface area contributed by atoms with Crippen LogP contribution in [0.5, 0.6) is 0 Å². The van der Waals surface area contributed by atoms with E-state index in [1.807, 2.05) is 38.1 Å². The minimum absolute atomic E-state index is 0.107. The second-order valence-electron chi connectivity index (χ2n) is 4.51. The van der Waals surface area contributed by atoms with Crippen LogP contribution in [0.3, 0.4) is 0 Å². The van der Waals surface area contributed by atoms with Crippen molar-refractivity contribution in [3.63, 3.8) is 0 Å². The first-order valence-corrected chi connectivity index (χ1v) is 6.64. The first-order valence-electron chi connectivity index (χ1n) is 5.85. The summed E-state index contributed by atoms with van der Waals surface area (Å²) in [6.07, 6.45) is -0.00367. The van der Waals surface area contributed by atoms with Crippen molar-refractivity contribution in [1.29, 1.82) is 0 Å². The molecule has 0 saturated heterocycles. The van der Waals surface area contributed by atoms with E-state index in [1.165, 1.54) is 0 Å². The van der Waals surface area contributed by atoms with Gasteiger partial charge in [0.05, 0.1) is 5.71 Å². The molecule has 1 aromatic rings. The molecule has 0 spiro atoms. The van der Waals surface area contributed by atoms with Crippen LogP contribution in [-0.2, 0) is 9.63 Å². The molecule has 0 aromatic heterocycles. The molecule has 0 radical (unpaired) electrons. The van der Waals surface area contributed by atoms with Gasteiger partial charge in [0.2, 0.25) is 6.10 Å². The fraction of sp³-hybridized carbons (Fsp3) is 0.385. The number of carbonyl (C=O) groups is 1. The fourth-order valence-electron chi connectivity index (χ4n) is 1.73. The predicted octanol–water partition coefficient (Wildman–Crippen LogP) is 2.47. The summed E-state index contributed by atoms with van der Waals surface area (Å²) in [5, 5.41) is 6.81. The summed E-state index contributed by atoms with van der Waals surface area (Å²) >= 11 is 3.41. The molecule has 1 heterocycles. The van der Waals surface area contributed by atoms with Crippen LogP contribution in [0.25, 0.3) is 0 Å². The Labute approximate surface area is 115 Å². The maximum Gasteiger partial charge on any atom is 0.264 e. The molecule has 1 N–H and O–H groups in total. The molecule has 1 aliphatic rings. The Morgan fingerprint density at radius 2 is 2.33 bits per heavy atom. The van der Waals surface area contributed by atoms with Gasteiger partial charge in [-0.15, -0.1) is 0 Å². The summed E-state index contributed by atoms with van der Waals surface area (Å²) in [6.45, 7) is 3.84. The Kier molecular flexibility index (Phi) is 4.01. The molecule has 0 fully saturated rings. The van der Waals surface area contributed by atoms with Crippen molar-refractivity contribution >= 4 is 27.5 Å². The second kappa shape index (κ2) is 5.52. The van der Waals surface area contributed by atoms with E-state index >= 15 is 0 Å². The van der Waals surface area contributed by atoms with Gasteiger partial charge in [0.15, 0.2) is 0 Å². The molecule has 0 bridgehead atoms. The Morgan fingerprint density at radius 3 is 3.00 bits per heavy atom. The molecule has 0 aliphatic carbocycles. The maximum atomic E-state index is 11.8. The lowest BCUT2D eigenvalue weighted by atomic mass is 10.0. The fourth-order valence-corrected chi connectivity index (χ4v) is 2.13. The summed E-state index contributed by atoms with van der Waals surface area (Å²) in [6, 6.07) is 7.91. The zero-order valence-corrected chi connectivity index (χ0v) is 11.9. The Hall–Kier alpha value is -1.36. The number of rotatable bonds is 3. The summed E-state index contributed by atoms with van der Waals surface area (Å²) in [4.78, 5) is 17.0. The maximum absolute atomic E-state index is 11.8. The molecule has 18 heavy (non-hydrogen) atoms. The monoisotopic (exact) mass is 310 g/mol. The normalized spacial score (nSPS) is 18.4. The number of amides is 1. The second-order valence-corrected chi connectivity index (χ2v) is 5.43. The van der Waals surface area contributed by atoms with E-state index in [0.29, 0.717) is 6.42 Å². The van der Waals surface area contributed by atoms with E-state index in [1.54, 1.807) is 0 Å². The summed E-state index contributed by atoms with van der Waals surface area (Å²) in [7, 11) is 0. The molecular formula is C13H15BrN2O2. The zero-order chi connectivity index (χ0) is 13.1. The summed E-state index contributed by atoms with van der Waals surface area (Å²) < 4.78 is 0.984. The Balaban J connectivity index is 2.02. The average Bonchev–Trinajstić information content (AvgIpc) is 2.77. The van der Waals surface area contributed by atoms with Gasteiger partial charge in [-0.2, -0.15) is 0 Å². The van der Waals surface area contributed by atoms with Crippen molar-refractivity contribution in [2.24, 2.45) is 5.16 Å². The molecule has 1 aromatic carbocycles. The van der Waals surface area contributed by atoms with Crippen molar-refractivity contribution in [1.82, 2.24) is 5.32 Å². The van der Waals surface area contributed by atoms with Crippen LogP contribution in [0.2, 0.25) is 0 Å². The third kappa shape index (κ3) is 3.10. The van der Waals surface area contributed by atoms with Crippen LogP contribution < -0.4 is 5.32 Å². The molecular weight excluding hydrogens is 296 g/mol. The van der Waals surface area contributed by atoms with Gasteiger partial charge < -0.3 is 10.2 Å². The van der Waals surface area contributed by atoms with Crippen molar-refractivity contribution < 1.29 is 9.63 Å². The smallest absolute Gasteiger partial charge is 0.264 e. The van der Waals surface area contributed by atoms with Gasteiger partial charge in [-0.05, 0) is 26.0 Å². The highest BCUT2D eigenvalue weighted by Crippen LogP contribution is 2.19. The summed E-state index contributed by atoms with van der Waals surface area (Å²) in [5.41, 5.74) is 1.78. The van der Waals surface area contributed by atoms with Gasteiger partial charge in [-0.25, -0.2) is 0 Å². The number of halogens is 1. The lowest BCUT2D eigenvalue weighted by Gasteiger charge is -2.11. The van der Waals surface area contributed by atoms with Gasteiger partial charge >= 0.3 is 0 Å². The topological polar surface area (TPSA) is 50.7 Å². The molecule has 96 valence electrons. The third-order valence-electron chi connectivity index (χ3n) is 2.55. The molecule has 4 nitrogen and oxygen atoms in total. The van der Waals surface area contributed by atoms with E-state index < -0.39 is 6.10 Å². The quantitative estimate of drug-likeness (QED) is 0.932. The molecule has 1 aliphatic heterocycles. The molecule has 5 heteroatoms. The predicted molar refractivity (Wildman–Crippen MR) is 73.4 cm³/mol. The minimum Gasteiger partial charge on any atom is -0.382 e. The van der Waals surface area contributed by atoms with E-state index in [-0.39, 0.29) is 11.9 Å². The number of hydrogen-bond donors (Lipinski definition) is 1. The van der Waals surface area contributed by atoms with Crippen LogP contribution in [0.1, 0.15) is 25.8 Å². The van der Waals surface area contributed by atoms with E-state index in [9.17, 15) is 4.79 Å². The zero-order valence-electron chi connectivity index (χ0n) is 10.3. The molecule has 0 unspecified atom stereocenters. The highest BCUT2D eigenvalue weighted by atomic mass is 79.9. The van der Waals surface area contributed by atoms with Gasteiger partial charge in [-0.1, -0.05) is 33.2 Å². The molecule has 0 saturated carbocycles. The number of nitrogens with one attached hydrogen (secondary N) is 1. The number of oxime groups is 1. The van der Waals surface area contributed by atoms with E-state index in [0.717, 1.165) is 15.7 Å². The number of hydrogen-bond acceptors (Lipinski definition) is 3. The first kappa shape index (κ1) is 13.1. The highest BCUT2D eigenvalue weighted by molar-refractivity contribution is 9.10. The average molecular weight is 311 g/mol. The van der Waals surface area contributed by atoms with Crippen LogP contribution in [0.4, 0.5) is 0 Å². The third-order valence-corrected chi connectivity index (χ3v) is 3.04. The Bertz CT molecular complexity index is 486. The number of carbonyl (C=O) groups excluding carboxylic acids is 1. The van der Waals surface area contributed by atoms with Crippen molar-refractivity contribution in [2.75, 3.05) is 0 Å². The van der Waals surface area contributed by atoms with E-state index in [4.69, 9.17) is 4.84 Å². The highest BCUT2D eigenvalue weighted by Gasteiger charge is 2.29. The van der Waals surface area contributed by atoms with Crippen molar-refractivity contribution in [3.05, 3.63) is 34.3 Å². The minimum atomic E-state index is -0.513. The lowest BCUT2D eigenvalue weighted by Crippen LogP contribution is -2.38. The van der Waals surface area contributed by atoms with Gasteiger partial charge in [0.25, 0.3) is 5.91 Å². The molecule has 2 rings (SSSR count). The number of benzene rings is 1. The van der Waals surface area contributed by atoms with E-state index in [2.05, 4.69) is 26.4 Å². The number of nitrogens with zero attached hydrogens (tertiary/aromatic N) is 1. The largest absolute Gasteiger partial charge is 0.382 e. The molecule has 1 atom stereocenters. The van der Waals surface area contributed by atoms with Crippen LogP contribution in [0.15, 0.2) is 33.9 Å². The summed E-state index contributed by atoms with van der Waals surface area (Å²) in [5.74, 6) is -0.112. The lowest BCUT2D eigenvalue weighted by molar-refractivity contribution is -0.131. The van der Waals surface area contributed by atoms with Gasteiger partial charge in [0.1, 0.15) is 0 Å². The van der Waals surface area contributed by atoms with Crippen molar-refractivity contribution in [2.45, 2.75) is 32.4 Å². The van der Waals surface area contributed by atoms with Gasteiger partial charge in [0, 0.05) is 22.5 Å². The van der Waals surface area contributed by atoms with Gasteiger partial charge in [-0.3, -0.25) is 4.79 Å². The molecule has 1 amide bonds. The van der Waals surface area contributed by atoms with Crippen molar-refractivity contribution in [3.8, 4) is 0 Å². The van der Waals surface area contributed by atoms with Crippen LogP contribution in [-0.4, -0.2) is 23.8 Å². The standard InChI is InChI=1S/C13H15BrN2O2/c1-8(2)15-13(17)12-7-11(16-18-12)9-4-3-5-10(14)6-9/h3-6,8,12H,7H2,1-2H3,(H,15,17)/t12-/m1/s1. The Morgan fingerprint density at radius 1 is 1.56 bits per heavy atom. The van der Waals surface area contributed by atoms with Crippen LogP contribution >= 0.6 is 15.9 Å². The SMILES string of the molecule is CC(C)NC(=O)[C@H]1CC(c2cccc(Br)c2)=NO1. The first-order chi connectivity index (χ1) is 8.56. The van der Waals surface area contributed by atoms with Crippen LogP contribution in [0, 0.1) is 0 Å².